The molecule has 3 atom stereocenters. The second-order valence-corrected chi connectivity index (χ2v) is 9.26. The Morgan fingerprint density at radius 2 is 1.60 bits per heavy atom. The quantitative estimate of drug-likeness (QED) is 0.596. The van der Waals surface area contributed by atoms with E-state index in [1.807, 2.05) is 4.98 Å². The fourth-order valence-corrected chi connectivity index (χ4v) is 5.34. The number of hydrogen-bond acceptors (Lipinski definition) is 4. The number of alkyl halides is 8. The lowest BCUT2D eigenvalue weighted by atomic mass is 9.81. The Morgan fingerprint density at radius 3 is 2.09 bits per heavy atom. The van der Waals surface area contributed by atoms with E-state index in [4.69, 9.17) is 5.73 Å². The Bertz CT molecular complexity index is 1150. The van der Waals surface area contributed by atoms with Crippen molar-refractivity contribution in [2.24, 2.45) is 11.7 Å². The summed E-state index contributed by atoms with van der Waals surface area (Å²) in [7, 11) is 0. The van der Waals surface area contributed by atoms with Crippen LogP contribution >= 0.6 is 0 Å². The number of allylic oxidation sites excluding steroid dienone is 1. The maximum atomic E-state index is 15.5. The zero-order valence-electron chi connectivity index (χ0n) is 18.1. The van der Waals surface area contributed by atoms with Gasteiger partial charge in [-0.15, -0.1) is 0 Å². The van der Waals surface area contributed by atoms with Gasteiger partial charge < -0.3 is 5.73 Å². The number of aromatic amines is 1. The van der Waals surface area contributed by atoms with Crippen LogP contribution in [0.5, 0.6) is 0 Å². The molecule has 1 aromatic rings. The van der Waals surface area contributed by atoms with Crippen molar-refractivity contribution in [2.45, 2.75) is 68.5 Å². The summed E-state index contributed by atoms with van der Waals surface area (Å²) in [6.07, 6.45) is -15.1. The van der Waals surface area contributed by atoms with Crippen molar-refractivity contribution in [1.29, 1.82) is 0 Å². The van der Waals surface area contributed by atoms with Crippen LogP contribution in [0.1, 0.15) is 49.4 Å². The highest BCUT2D eigenvalue weighted by atomic mass is 19.4. The van der Waals surface area contributed by atoms with Crippen LogP contribution in [0.25, 0.3) is 5.57 Å². The summed E-state index contributed by atoms with van der Waals surface area (Å²) in [5, 5.41) is 0. The molecule has 0 aromatic carbocycles. The van der Waals surface area contributed by atoms with Crippen molar-refractivity contribution in [2.75, 3.05) is 13.1 Å². The summed E-state index contributed by atoms with van der Waals surface area (Å²) in [6.45, 7) is -0.193. The molecule has 3 aliphatic rings. The summed E-state index contributed by atoms with van der Waals surface area (Å²) in [6, 6.07) is -2.16. The van der Waals surface area contributed by atoms with E-state index in [-0.39, 0.29) is 5.69 Å². The highest BCUT2D eigenvalue weighted by Crippen LogP contribution is 2.51. The van der Waals surface area contributed by atoms with Gasteiger partial charge >= 0.3 is 18.0 Å². The molecule has 1 aromatic heterocycles. The van der Waals surface area contributed by atoms with Crippen LogP contribution in [0, 0.1) is 5.92 Å². The molecule has 15 heteroatoms. The van der Waals surface area contributed by atoms with E-state index >= 15 is 4.39 Å². The summed E-state index contributed by atoms with van der Waals surface area (Å²) < 4.78 is 125. The summed E-state index contributed by atoms with van der Waals surface area (Å²) in [5.74, 6) is -4.97. The SMILES string of the molecule is CC1c2c(c(=O)[nH]c(=O)n2C2CC2)C(C(F)F)=C(F)C1N1CCC(C(N)(C(F)(F)F)C(F)(F)F)C1. The van der Waals surface area contributed by atoms with Crippen LogP contribution in [0.15, 0.2) is 15.4 Å². The number of halogens is 9. The van der Waals surface area contributed by atoms with Gasteiger partial charge in [-0.1, -0.05) is 6.92 Å². The number of hydrogen-bond donors (Lipinski definition) is 2. The molecule has 3 N–H and O–H groups in total. The van der Waals surface area contributed by atoms with Crippen molar-refractivity contribution in [3.8, 4) is 0 Å². The van der Waals surface area contributed by atoms with Gasteiger partial charge in [0.1, 0.15) is 5.83 Å². The minimum atomic E-state index is -5.88. The number of aromatic nitrogens is 2. The number of nitrogens with zero attached hydrogens (tertiary/aromatic N) is 2. The van der Waals surface area contributed by atoms with Gasteiger partial charge in [-0.2, -0.15) is 26.3 Å². The second kappa shape index (κ2) is 8.11. The van der Waals surface area contributed by atoms with E-state index in [9.17, 15) is 44.7 Å². The third-order valence-corrected chi connectivity index (χ3v) is 7.20. The predicted molar refractivity (Wildman–Crippen MR) is 105 cm³/mol. The molecule has 0 spiro atoms. The van der Waals surface area contributed by atoms with Crippen molar-refractivity contribution in [1.82, 2.24) is 14.5 Å². The minimum Gasteiger partial charge on any atom is -0.310 e. The lowest BCUT2D eigenvalue weighted by Crippen LogP contribution is -2.68. The van der Waals surface area contributed by atoms with Crippen LogP contribution in [0.4, 0.5) is 39.5 Å². The second-order valence-electron chi connectivity index (χ2n) is 9.26. The number of likely N-dealkylation sites (tertiary alicyclic amines) is 1. The first-order valence-electron chi connectivity index (χ1n) is 10.8. The first-order valence-corrected chi connectivity index (χ1v) is 10.8. The van der Waals surface area contributed by atoms with Crippen LogP contribution in [0.2, 0.25) is 0 Å². The predicted octanol–water partition coefficient (Wildman–Crippen LogP) is 3.45. The molecule has 4 rings (SSSR count). The lowest BCUT2D eigenvalue weighted by molar-refractivity contribution is -0.310. The number of nitrogens with two attached hydrogens (primary N) is 1. The molecule has 0 radical (unpaired) electrons. The highest BCUT2D eigenvalue weighted by molar-refractivity contribution is 5.74. The molecule has 35 heavy (non-hydrogen) atoms. The molecule has 2 fully saturated rings. The first-order chi connectivity index (χ1) is 16.0. The Morgan fingerprint density at radius 1 is 1.03 bits per heavy atom. The number of nitrogens with one attached hydrogen (secondary N) is 1. The molecular formula is C20H21F9N4O2. The van der Waals surface area contributed by atoms with Crippen LogP contribution in [0.3, 0.4) is 0 Å². The van der Waals surface area contributed by atoms with Gasteiger partial charge in [0.25, 0.3) is 12.0 Å². The maximum absolute atomic E-state index is 15.5. The van der Waals surface area contributed by atoms with E-state index in [2.05, 4.69) is 0 Å². The molecular weight excluding hydrogens is 499 g/mol. The smallest absolute Gasteiger partial charge is 0.310 e. The third kappa shape index (κ3) is 3.81. The third-order valence-electron chi connectivity index (χ3n) is 7.20. The van der Waals surface area contributed by atoms with E-state index < -0.39 is 96.0 Å². The highest BCUT2D eigenvalue weighted by Gasteiger charge is 2.72. The van der Waals surface area contributed by atoms with Crippen LogP contribution in [-0.4, -0.2) is 57.9 Å². The number of fused-ring (bicyclic) bond motifs is 1. The molecule has 1 saturated heterocycles. The molecule has 196 valence electrons. The topological polar surface area (TPSA) is 84.1 Å². The van der Waals surface area contributed by atoms with Crippen molar-refractivity contribution >= 4 is 5.57 Å². The lowest BCUT2D eigenvalue weighted by Gasteiger charge is -2.40. The summed E-state index contributed by atoms with van der Waals surface area (Å²) in [4.78, 5) is 27.7. The summed E-state index contributed by atoms with van der Waals surface area (Å²) >= 11 is 0. The van der Waals surface area contributed by atoms with Gasteiger partial charge in [0.15, 0.2) is 0 Å². The van der Waals surface area contributed by atoms with Crippen molar-refractivity contribution in [3.05, 3.63) is 37.9 Å². The van der Waals surface area contributed by atoms with E-state index in [1.54, 1.807) is 0 Å². The fourth-order valence-electron chi connectivity index (χ4n) is 5.34. The van der Waals surface area contributed by atoms with Crippen molar-refractivity contribution in [3.63, 3.8) is 0 Å². The Labute approximate surface area is 191 Å². The van der Waals surface area contributed by atoms with E-state index in [0.717, 1.165) is 9.47 Å². The van der Waals surface area contributed by atoms with E-state index in [0.29, 0.717) is 12.8 Å². The Hall–Kier alpha value is -2.29. The molecule has 2 heterocycles. The zero-order valence-corrected chi connectivity index (χ0v) is 18.1. The molecule has 0 amide bonds. The number of rotatable bonds is 4. The van der Waals surface area contributed by atoms with Gasteiger partial charge in [-0.25, -0.2) is 18.0 Å². The van der Waals surface area contributed by atoms with Gasteiger partial charge in [0.05, 0.1) is 17.2 Å². The average Bonchev–Trinajstić information content (AvgIpc) is 3.42. The molecule has 0 bridgehead atoms. The minimum absolute atomic E-state index is 0.211. The Balaban J connectivity index is 1.82. The fraction of sp³-hybridized carbons (Fsp3) is 0.700. The largest absolute Gasteiger partial charge is 0.415 e. The van der Waals surface area contributed by atoms with Crippen LogP contribution < -0.4 is 17.0 Å². The zero-order chi connectivity index (χ0) is 26.2. The number of H-pyrrole nitrogens is 1. The van der Waals surface area contributed by atoms with Crippen LogP contribution in [-0.2, 0) is 0 Å². The monoisotopic (exact) mass is 520 g/mol. The molecule has 1 saturated carbocycles. The van der Waals surface area contributed by atoms with Gasteiger partial charge in [0.2, 0.25) is 5.54 Å². The van der Waals surface area contributed by atoms with Gasteiger partial charge in [-0.05, 0) is 25.8 Å². The summed E-state index contributed by atoms with van der Waals surface area (Å²) in [5.41, 5.74) is -4.13. The van der Waals surface area contributed by atoms with Gasteiger partial charge in [0, 0.05) is 30.1 Å². The normalized spacial score (nSPS) is 26.6. The van der Waals surface area contributed by atoms with E-state index in [1.165, 1.54) is 6.92 Å². The Kier molecular flexibility index (Phi) is 5.98. The molecule has 6 nitrogen and oxygen atoms in total. The average molecular weight is 520 g/mol. The molecule has 2 aliphatic carbocycles. The molecule has 3 unspecified atom stereocenters. The molecule has 1 aliphatic heterocycles. The maximum Gasteiger partial charge on any atom is 0.415 e. The van der Waals surface area contributed by atoms with Gasteiger partial charge in [-0.3, -0.25) is 19.2 Å². The first kappa shape index (κ1) is 25.8. The standard InChI is InChI=1S/C20H21F9N4O2/c1-7-13-11(16(34)31-17(35)33(13)9-2-3-9)10(15(22)23)12(21)14(7)32-5-4-8(6-32)18(30,19(24,25)26)20(27,28)29/h7-9,14-15H,2-6,30H2,1H3,(H,31,34,35). The van der Waals surface area contributed by atoms with Crippen molar-refractivity contribution < 1.29 is 39.5 Å².